The van der Waals surface area contributed by atoms with Gasteiger partial charge >= 0.3 is 0 Å². The number of para-hydroxylation sites is 1. The highest BCUT2D eigenvalue weighted by molar-refractivity contribution is 7.92. The number of amides is 1. The molecule has 2 unspecified atom stereocenters. The molecule has 0 radical (unpaired) electrons. The van der Waals surface area contributed by atoms with Gasteiger partial charge in [0.1, 0.15) is 0 Å². The fourth-order valence-corrected chi connectivity index (χ4v) is 3.14. The van der Waals surface area contributed by atoms with Crippen molar-refractivity contribution in [3.05, 3.63) is 29.8 Å². The zero-order chi connectivity index (χ0) is 16.2. The van der Waals surface area contributed by atoms with Crippen LogP contribution in [0.4, 0.5) is 5.69 Å². The Kier molecular flexibility index (Phi) is 5.42. The molecule has 2 rings (SSSR count). The maximum atomic E-state index is 12.5. The zero-order valence-corrected chi connectivity index (χ0v) is 13.7. The van der Waals surface area contributed by atoms with Crippen LogP contribution in [0.25, 0.3) is 0 Å². The number of anilines is 1. The molecule has 0 spiro atoms. The summed E-state index contributed by atoms with van der Waals surface area (Å²) in [6, 6.07) is 6.77. The number of nitrogens with one attached hydrogen (secondary N) is 3. The van der Waals surface area contributed by atoms with E-state index in [9.17, 15) is 13.2 Å². The normalized spacial score (nSPS) is 22.1. The Bertz CT molecular complexity index is 631. The van der Waals surface area contributed by atoms with Gasteiger partial charge in [-0.2, -0.15) is 0 Å². The van der Waals surface area contributed by atoms with E-state index in [0.29, 0.717) is 17.2 Å². The summed E-state index contributed by atoms with van der Waals surface area (Å²) in [5.41, 5.74) is 0.675. The first-order chi connectivity index (χ1) is 10.4. The fourth-order valence-electron chi connectivity index (χ4n) is 2.48. The van der Waals surface area contributed by atoms with Gasteiger partial charge in [0.05, 0.1) is 17.0 Å². The van der Waals surface area contributed by atoms with E-state index in [1.54, 1.807) is 31.2 Å². The lowest BCUT2D eigenvalue weighted by Crippen LogP contribution is -2.48. The fraction of sp³-hybridized carbons (Fsp3) is 0.533. The van der Waals surface area contributed by atoms with E-state index in [2.05, 4.69) is 22.3 Å². The number of hydrogen-bond donors (Lipinski definition) is 3. The molecule has 122 valence electrons. The number of benzene rings is 1. The van der Waals surface area contributed by atoms with Crippen molar-refractivity contribution in [2.75, 3.05) is 23.6 Å². The topological polar surface area (TPSA) is 87.3 Å². The first-order valence-corrected chi connectivity index (χ1v) is 9.19. The molecule has 1 aliphatic rings. The minimum atomic E-state index is -3.41. The smallest absolute Gasteiger partial charge is 0.253 e. The Morgan fingerprint density at radius 1 is 1.36 bits per heavy atom. The molecule has 1 aliphatic heterocycles. The van der Waals surface area contributed by atoms with E-state index in [4.69, 9.17) is 0 Å². The zero-order valence-electron chi connectivity index (χ0n) is 12.9. The summed E-state index contributed by atoms with van der Waals surface area (Å²) in [5.74, 6) is 0.0687. The highest BCUT2D eigenvalue weighted by Crippen LogP contribution is 2.18. The summed E-state index contributed by atoms with van der Waals surface area (Å²) in [7, 11) is -3.41. The van der Waals surface area contributed by atoms with Gasteiger partial charge in [0.2, 0.25) is 10.0 Å². The van der Waals surface area contributed by atoms with Crippen molar-refractivity contribution < 1.29 is 13.2 Å². The Hall–Kier alpha value is -1.60. The molecular weight excluding hydrogens is 302 g/mol. The minimum Gasteiger partial charge on any atom is -0.349 e. The van der Waals surface area contributed by atoms with Crippen molar-refractivity contribution in [3.63, 3.8) is 0 Å². The van der Waals surface area contributed by atoms with Crippen molar-refractivity contribution >= 4 is 21.6 Å². The van der Waals surface area contributed by atoms with Crippen molar-refractivity contribution in [2.24, 2.45) is 5.92 Å². The molecule has 22 heavy (non-hydrogen) atoms. The van der Waals surface area contributed by atoms with E-state index in [-0.39, 0.29) is 17.7 Å². The predicted octanol–water partition coefficient (Wildman–Crippen LogP) is 1.18. The van der Waals surface area contributed by atoms with Gasteiger partial charge in [-0.3, -0.25) is 9.52 Å². The van der Waals surface area contributed by atoms with E-state index in [0.717, 1.165) is 19.5 Å². The molecule has 1 heterocycles. The molecular formula is C15H23N3O3S. The monoisotopic (exact) mass is 325 g/mol. The molecule has 1 aromatic carbocycles. The third kappa shape index (κ3) is 4.20. The highest BCUT2D eigenvalue weighted by atomic mass is 32.2. The number of hydrogen-bond acceptors (Lipinski definition) is 4. The van der Waals surface area contributed by atoms with Crippen LogP contribution in [0.1, 0.15) is 30.6 Å². The lowest BCUT2D eigenvalue weighted by Gasteiger charge is -2.30. The molecule has 6 nitrogen and oxygen atoms in total. The number of carbonyl (C=O) groups excluding carboxylic acids is 1. The van der Waals surface area contributed by atoms with Gasteiger partial charge in [-0.25, -0.2) is 8.42 Å². The van der Waals surface area contributed by atoms with Crippen molar-refractivity contribution in [1.29, 1.82) is 0 Å². The van der Waals surface area contributed by atoms with Crippen LogP contribution in [0.3, 0.4) is 0 Å². The lowest BCUT2D eigenvalue weighted by molar-refractivity contribution is 0.0915. The largest absolute Gasteiger partial charge is 0.349 e. The SMILES string of the molecule is CCS(=O)(=O)Nc1ccccc1C(=O)NC1CCNCC1C. The number of piperidine rings is 1. The number of sulfonamides is 1. The molecule has 7 heteroatoms. The lowest BCUT2D eigenvalue weighted by atomic mass is 9.95. The predicted molar refractivity (Wildman–Crippen MR) is 87.4 cm³/mol. The quantitative estimate of drug-likeness (QED) is 0.758. The molecule has 2 atom stereocenters. The summed E-state index contributed by atoms with van der Waals surface area (Å²) in [6.07, 6.45) is 0.871. The van der Waals surface area contributed by atoms with Gasteiger partial charge in [0, 0.05) is 6.04 Å². The summed E-state index contributed by atoms with van der Waals surface area (Å²) < 4.78 is 25.9. The van der Waals surface area contributed by atoms with Gasteiger partial charge in [-0.15, -0.1) is 0 Å². The molecule has 0 aromatic heterocycles. The van der Waals surface area contributed by atoms with Crippen molar-refractivity contribution in [1.82, 2.24) is 10.6 Å². The van der Waals surface area contributed by atoms with Crippen LogP contribution < -0.4 is 15.4 Å². The average molecular weight is 325 g/mol. The molecule has 1 fully saturated rings. The van der Waals surface area contributed by atoms with Crippen LogP contribution in [-0.4, -0.2) is 39.2 Å². The van der Waals surface area contributed by atoms with Crippen LogP contribution >= 0.6 is 0 Å². The molecule has 1 aromatic rings. The first kappa shape index (κ1) is 16.8. The van der Waals surface area contributed by atoms with Crippen LogP contribution in [-0.2, 0) is 10.0 Å². The van der Waals surface area contributed by atoms with Crippen LogP contribution in [0.5, 0.6) is 0 Å². The summed E-state index contributed by atoms with van der Waals surface area (Å²) in [6.45, 7) is 5.39. The molecule has 3 N–H and O–H groups in total. The van der Waals surface area contributed by atoms with Crippen molar-refractivity contribution in [2.45, 2.75) is 26.3 Å². The molecule has 1 saturated heterocycles. The molecule has 0 bridgehead atoms. The van der Waals surface area contributed by atoms with Crippen molar-refractivity contribution in [3.8, 4) is 0 Å². The van der Waals surface area contributed by atoms with Gasteiger partial charge in [0.25, 0.3) is 5.91 Å². The Balaban J connectivity index is 2.16. The second-order valence-corrected chi connectivity index (χ2v) is 7.61. The van der Waals surface area contributed by atoms with Gasteiger partial charge in [-0.05, 0) is 44.5 Å². The van der Waals surface area contributed by atoms with Gasteiger partial charge < -0.3 is 10.6 Å². The molecule has 0 saturated carbocycles. The maximum absolute atomic E-state index is 12.5. The Morgan fingerprint density at radius 2 is 2.09 bits per heavy atom. The van der Waals surface area contributed by atoms with E-state index < -0.39 is 10.0 Å². The number of carbonyl (C=O) groups is 1. The summed E-state index contributed by atoms with van der Waals surface area (Å²) in [5, 5.41) is 6.30. The average Bonchev–Trinajstić information content (AvgIpc) is 2.50. The third-order valence-electron chi connectivity index (χ3n) is 3.92. The van der Waals surface area contributed by atoms with Gasteiger partial charge in [-0.1, -0.05) is 19.1 Å². The van der Waals surface area contributed by atoms with E-state index in [1.807, 2.05) is 0 Å². The standard InChI is InChI=1S/C15H23N3O3S/c1-3-22(20,21)18-14-7-5-4-6-12(14)15(19)17-13-8-9-16-10-11(13)2/h4-7,11,13,16,18H,3,8-10H2,1-2H3,(H,17,19). The second-order valence-electron chi connectivity index (χ2n) is 5.60. The maximum Gasteiger partial charge on any atom is 0.253 e. The number of rotatable bonds is 5. The Labute approximate surface area is 131 Å². The van der Waals surface area contributed by atoms with E-state index >= 15 is 0 Å². The summed E-state index contributed by atoms with van der Waals surface area (Å²) >= 11 is 0. The third-order valence-corrected chi connectivity index (χ3v) is 5.21. The summed E-state index contributed by atoms with van der Waals surface area (Å²) in [4.78, 5) is 12.5. The minimum absolute atomic E-state index is 0.0335. The first-order valence-electron chi connectivity index (χ1n) is 7.54. The van der Waals surface area contributed by atoms with Crippen LogP contribution in [0.2, 0.25) is 0 Å². The Morgan fingerprint density at radius 3 is 2.77 bits per heavy atom. The molecule has 1 amide bonds. The van der Waals surface area contributed by atoms with Gasteiger partial charge in [0.15, 0.2) is 0 Å². The molecule has 0 aliphatic carbocycles. The van der Waals surface area contributed by atoms with Crippen LogP contribution in [0.15, 0.2) is 24.3 Å². The van der Waals surface area contributed by atoms with Crippen LogP contribution in [0, 0.1) is 5.92 Å². The highest BCUT2D eigenvalue weighted by Gasteiger charge is 2.24. The van der Waals surface area contributed by atoms with E-state index in [1.165, 1.54) is 0 Å². The second kappa shape index (κ2) is 7.11.